The molecule has 0 unspecified atom stereocenters. The predicted octanol–water partition coefficient (Wildman–Crippen LogP) is 3.94. The van der Waals surface area contributed by atoms with E-state index in [0.29, 0.717) is 13.0 Å². The summed E-state index contributed by atoms with van der Waals surface area (Å²) in [4.78, 5) is 13.3. The van der Waals surface area contributed by atoms with Crippen molar-refractivity contribution in [2.75, 3.05) is 11.4 Å². The van der Waals surface area contributed by atoms with Crippen molar-refractivity contribution in [3.8, 4) is 0 Å². The van der Waals surface area contributed by atoms with Gasteiger partial charge < -0.3 is 4.90 Å². The quantitative estimate of drug-likeness (QED) is 0.819. The second kappa shape index (κ2) is 4.96. The largest absolute Gasteiger partial charge is 0.454 e. The van der Waals surface area contributed by atoms with Gasteiger partial charge in [0.05, 0.1) is 0 Å². The van der Waals surface area contributed by atoms with E-state index in [4.69, 9.17) is 0 Å². The number of nitrogens with zero attached hydrogens (tertiary/aromatic N) is 1. The fourth-order valence-electron chi connectivity index (χ4n) is 2.27. The second-order valence-corrected chi connectivity index (χ2v) is 5.53. The molecule has 1 aliphatic heterocycles. The van der Waals surface area contributed by atoms with Gasteiger partial charge in [0.1, 0.15) is 0 Å². The number of para-hydroxylation sites is 1. The third kappa shape index (κ3) is 2.86. The average Bonchev–Trinajstić information content (AvgIpc) is 2.37. The van der Waals surface area contributed by atoms with Crippen molar-refractivity contribution in [1.29, 1.82) is 0 Å². The molecule has 5 heteroatoms. The minimum Gasteiger partial charge on any atom is -0.348 e. The van der Waals surface area contributed by atoms with Crippen LogP contribution in [0.4, 0.5) is 18.9 Å². The highest BCUT2D eigenvalue weighted by Gasteiger charge is 2.46. The monoisotopic (exact) mass is 283 g/mol. The lowest BCUT2D eigenvalue weighted by molar-refractivity contribution is -0.167. The molecule has 0 atom stereocenters. The third-order valence-corrected chi connectivity index (χ3v) is 3.58. The Bertz CT molecular complexity index is 532. The van der Waals surface area contributed by atoms with Crippen LogP contribution in [0.25, 0.3) is 0 Å². The summed E-state index contributed by atoms with van der Waals surface area (Å²) in [7, 11) is 0. The molecule has 0 bridgehead atoms. The molecule has 0 radical (unpaired) electrons. The highest BCUT2D eigenvalue weighted by Crippen LogP contribution is 2.39. The number of halogens is 3. The van der Waals surface area contributed by atoms with Gasteiger partial charge in [0.25, 0.3) is 5.78 Å². The first kappa shape index (κ1) is 14.6. The molecule has 2 nitrogen and oxygen atoms in total. The molecule has 0 N–H and O–H groups in total. The Morgan fingerprint density at radius 3 is 2.35 bits per heavy atom. The normalized spacial score (nSPS) is 18.6. The van der Waals surface area contributed by atoms with Gasteiger partial charge in [-0.05, 0) is 24.0 Å². The Kier molecular flexibility index (Phi) is 3.63. The Hall–Kier alpha value is -1.78. The van der Waals surface area contributed by atoms with E-state index < -0.39 is 17.4 Å². The minimum atomic E-state index is -4.83. The van der Waals surface area contributed by atoms with Crippen molar-refractivity contribution in [3.63, 3.8) is 0 Å². The van der Waals surface area contributed by atoms with Gasteiger partial charge in [0, 0.05) is 24.0 Å². The molecule has 2 rings (SSSR count). The molecule has 108 valence electrons. The lowest BCUT2D eigenvalue weighted by atomic mass is 9.77. The number of rotatable bonds is 2. The summed E-state index contributed by atoms with van der Waals surface area (Å²) >= 11 is 0. The number of carbonyl (C=O) groups is 1. The zero-order valence-corrected chi connectivity index (χ0v) is 11.4. The number of hydrogen-bond acceptors (Lipinski definition) is 2. The SMILES string of the molecule is CC1(C)CCN(c2ccccc2)C=C1C(=O)C(F)(F)F. The van der Waals surface area contributed by atoms with Crippen LogP contribution in [0, 0.1) is 5.41 Å². The summed E-state index contributed by atoms with van der Waals surface area (Å²) in [6.07, 6.45) is -2.99. The van der Waals surface area contributed by atoms with Crippen LogP contribution >= 0.6 is 0 Å². The molecule has 0 saturated carbocycles. The summed E-state index contributed by atoms with van der Waals surface area (Å²) in [5, 5.41) is 0. The lowest BCUT2D eigenvalue weighted by Gasteiger charge is -2.37. The molecule has 20 heavy (non-hydrogen) atoms. The van der Waals surface area contributed by atoms with Crippen molar-refractivity contribution >= 4 is 11.5 Å². The van der Waals surface area contributed by atoms with Crippen LogP contribution in [0.15, 0.2) is 42.1 Å². The summed E-state index contributed by atoms with van der Waals surface area (Å²) in [6, 6.07) is 9.08. The average molecular weight is 283 g/mol. The summed E-state index contributed by atoms with van der Waals surface area (Å²) in [5.74, 6) is -1.75. The van der Waals surface area contributed by atoms with Gasteiger partial charge in [-0.25, -0.2) is 0 Å². The predicted molar refractivity (Wildman–Crippen MR) is 71.3 cm³/mol. The molecule has 1 aromatic rings. The Morgan fingerprint density at radius 2 is 1.80 bits per heavy atom. The fraction of sp³-hybridized carbons (Fsp3) is 0.400. The highest BCUT2D eigenvalue weighted by molar-refractivity contribution is 6.01. The van der Waals surface area contributed by atoms with Crippen LogP contribution in [0.2, 0.25) is 0 Å². The van der Waals surface area contributed by atoms with E-state index in [1.807, 2.05) is 30.3 Å². The number of ketones is 1. The van der Waals surface area contributed by atoms with Gasteiger partial charge in [-0.2, -0.15) is 13.2 Å². The number of anilines is 1. The first-order chi connectivity index (χ1) is 9.22. The molecule has 0 spiro atoms. The van der Waals surface area contributed by atoms with Crippen LogP contribution in [0.3, 0.4) is 0 Å². The minimum absolute atomic E-state index is 0.180. The van der Waals surface area contributed by atoms with Crippen LogP contribution < -0.4 is 4.90 Å². The maximum absolute atomic E-state index is 12.7. The van der Waals surface area contributed by atoms with E-state index in [0.717, 1.165) is 5.69 Å². The van der Waals surface area contributed by atoms with Gasteiger partial charge in [-0.3, -0.25) is 4.79 Å². The Balaban J connectivity index is 2.39. The third-order valence-electron chi connectivity index (χ3n) is 3.58. The molecule has 0 aliphatic carbocycles. The summed E-state index contributed by atoms with van der Waals surface area (Å²) in [6.45, 7) is 3.93. The zero-order valence-electron chi connectivity index (χ0n) is 11.4. The van der Waals surface area contributed by atoms with Gasteiger partial charge in [-0.1, -0.05) is 32.0 Å². The number of Topliss-reactive ketones (excluding diaryl/α,β-unsaturated/α-hetero) is 1. The first-order valence-electron chi connectivity index (χ1n) is 6.37. The van der Waals surface area contributed by atoms with E-state index in [2.05, 4.69) is 0 Å². The van der Waals surface area contributed by atoms with Crippen molar-refractivity contribution in [2.45, 2.75) is 26.4 Å². The van der Waals surface area contributed by atoms with Crippen LogP contribution in [0.5, 0.6) is 0 Å². The van der Waals surface area contributed by atoms with Crippen LogP contribution in [0.1, 0.15) is 20.3 Å². The molecule has 1 aliphatic rings. The van der Waals surface area contributed by atoms with Crippen molar-refractivity contribution in [3.05, 3.63) is 42.1 Å². The number of allylic oxidation sites excluding steroid dienone is 1. The number of benzene rings is 1. The number of hydrogen-bond donors (Lipinski definition) is 0. The van der Waals surface area contributed by atoms with Gasteiger partial charge in [-0.15, -0.1) is 0 Å². The van der Waals surface area contributed by atoms with Gasteiger partial charge in [0.2, 0.25) is 0 Å². The van der Waals surface area contributed by atoms with Crippen LogP contribution in [-0.2, 0) is 4.79 Å². The van der Waals surface area contributed by atoms with E-state index in [-0.39, 0.29) is 5.57 Å². The van der Waals surface area contributed by atoms with Gasteiger partial charge in [0.15, 0.2) is 0 Å². The molecule has 0 saturated heterocycles. The van der Waals surface area contributed by atoms with E-state index in [9.17, 15) is 18.0 Å². The lowest BCUT2D eigenvalue weighted by Crippen LogP contribution is -2.39. The van der Waals surface area contributed by atoms with Crippen molar-refractivity contribution < 1.29 is 18.0 Å². The second-order valence-electron chi connectivity index (χ2n) is 5.53. The maximum atomic E-state index is 12.7. The van der Waals surface area contributed by atoms with Crippen molar-refractivity contribution in [2.24, 2.45) is 5.41 Å². The van der Waals surface area contributed by atoms with Gasteiger partial charge >= 0.3 is 6.18 Å². The van der Waals surface area contributed by atoms with E-state index in [1.165, 1.54) is 6.20 Å². The fourth-order valence-corrected chi connectivity index (χ4v) is 2.27. The highest BCUT2D eigenvalue weighted by atomic mass is 19.4. The molecule has 0 amide bonds. The molecule has 1 heterocycles. The van der Waals surface area contributed by atoms with Crippen LogP contribution in [-0.4, -0.2) is 18.5 Å². The molecule has 1 aromatic carbocycles. The topological polar surface area (TPSA) is 20.3 Å². The molecule has 0 aromatic heterocycles. The number of alkyl halides is 3. The van der Waals surface area contributed by atoms with Crippen molar-refractivity contribution in [1.82, 2.24) is 0 Å². The molecule has 0 fully saturated rings. The smallest absolute Gasteiger partial charge is 0.348 e. The maximum Gasteiger partial charge on any atom is 0.454 e. The molecular formula is C15H16F3NO. The Labute approximate surface area is 115 Å². The first-order valence-corrected chi connectivity index (χ1v) is 6.37. The standard InChI is InChI=1S/C15H16F3NO/c1-14(2)8-9-19(11-6-4-3-5-7-11)10-12(14)13(20)15(16,17)18/h3-7,10H,8-9H2,1-2H3. The zero-order chi connectivity index (χ0) is 15.0. The summed E-state index contributed by atoms with van der Waals surface area (Å²) < 4.78 is 38.1. The number of carbonyl (C=O) groups excluding carboxylic acids is 1. The van der Waals surface area contributed by atoms with E-state index in [1.54, 1.807) is 18.7 Å². The summed E-state index contributed by atoms with van der Waals surface area (Å²) in [5.41, 5.74) is -0.159. The Morgan fingerprint density at radius 1 is 1.20 bits per heavy atom. The molecular weight excluding hydrogens is 267 g/mol. The van der Waals surface area contributed by atoms with E-state index >= 15 is 0 Å².